The van der Waals surface area contributed by atoms with Gasteiger partial charge in [0.15, 0.2) is 5.84 Å². The lowest BCUT2D eigenvalue weighted by molar-refractivity contribution is -0.144. The van der Waals surface area contributed by atoms with Gasteiger partial charge < -0.3 is 20.6 Å². The number of ether oxygens (including phenoxy) is 1. The zero-order chi connectivity index (χ0) is 13.0. The van der Waals surface area contributed by atoms with Crippen molar-refractivity contribution in [3.63, 3.8) is 0 Å². The summed E-state index contributed by atoms with van der Waals surface area (Å²) in [5, 5.41) is 12.1. The predicted octanol–water partition coefficient (Wildman–Crippen LogP) is 0.542. The quantitative estimate of drug-likeness (QED) is 0.326. The monoisotopic (exact) mass is 255 g/mol. The molecule has 2 rings (SSSR count). The summed E-state index contributed by atoms with van der Waals surface area (Å²) in [5.41, 5.74) is 5.02. The van der Waals surface area contributed by atoms with Gasteiger partial charge in [-0.3, -0.25) is 4.79 Å². The molecule has 1 saturated carbocycles. The number of oxime groups is 1. The third-order valence-electron chi connectivity index (χ3n) is 4.01. The van der Waals surface area contributed by atoms with Crippen molar-refractivity contribution in [3.05, 3.63) is 0 Å². The first-order valence-corrected chi connectivity index (χ1v) is 6.56. The molecular formula is C12H21N3O3. The highest BCUT2D eigenvalue weighted by atomic mass is 16.5. The molecule has 0 radical (unpaired) electrons. The van der Waals surface area contributed by atoms with E-state index in [9.17, 15) is 4.79 Å². The standard InChI is InChI=1S/C12H21N3O3/c13-10(14-17)12(4-2-1-3-5-12)11(16)15-6-8-18-9-7-15/h17H,1-9H2,(H2,13,14). The van der Waals surface area contributed by atoms with Gasteiger partial charge in [-0.25, -0.2) is 0 Å². The number of hydrogen-bond acceptors (Lipinski definition) is 4. The van der Waals surface area contributed by atoms with Crippen LogP contribution >= 0.6 is 0 Å². The minimum atomic E-state index is -0.787. The lowest BCUT2D eigenvalue weighted by Gasteiger charge is -2.39. The minimum Gasteiger partial charge on any atom is -0.409 e. The minimum absolute atomic E-state index is 0.000741. The number of rotatable bonds is 2. The highest BCUT2D eigenvalue weighted by Gasteiger charge is 2.46. The van der Waals surface area contributed by atoms with E-state index in [0.29, 0.717) is 39.1 Å². The van der Waals surface area contributed by atoms with E-state index in [1.807, 2.05) is 0 Å². The molecule has 3 N–H and O–H groups in total. The molecule has 1 saturated heterocycles. The molecule has 1 amide bonds. The molecule has 0 spiro atoms. The van der Waals surface area contributed by atoms with Crippen molar-refractivity contribution in [1.29, 1.82) is 0 Å². The Hall–Kier alpha value is -1.30. The lowest BCUT2D eigenvalue weighted by atomic mass is 9.72. The molecule has 102 valence electrons. The van der Waals surface area contributed by atoms with E-state index in [1.165, 1.54) is 0 Å². The van der Waals surface area contributed by atoms with Gasteiger partial charge in [-0.15, -0.1) is 0 Å². The van der Waals surface area contributed by atoms with E-state index < -0.39 is 5.41 Å². The van der Waals surface area contributed by atoms with Gasteiger partial charge in [-0.1, -0.05) is 24.4 Å². The molecule has 2 fully saturated rings. The van der Waals surface area contributed by atoms with E-state index in [0.717, 1.165) is 19.3 Å². The van der Waals surface area contributed by atoms with Gasteiger partial charge >= 0.3 is 0 Å². The Bertz CT molecular complexity index is 331. The number of carbonyl (C=O) groups is 1. The van der Waals surface area contributed by atoms with E-state index in [2.05, 4.69) is 5.16 Å². The lowest BCUT2D eigenvalue weighted by Crippen LogP contribution is -2.54. The summed E-state index contributed by atoms with van der Waals surface area (Å²) in [6.07, 6.45) is 4.37. The summed E-state index contributed by atoms with van der Waals surface area (Å²) in [6.45, 7) is 2.33. The van der Waals surface area contributed by atoms with Gasteiger partial charge in [0.2, 0.25) is 5.91 Å². The summed E-state index contributed by atoms with van der Waals surface area (Å²) in [6, 6.07) is 0. The molecule has 0 aromatic carbocycles. The fourth-order valence-electron chi connectivity index (χ4n) is 2.90. The summed E-state index contributed by atoms with van der Waals surface area (Å²) < 4.78 is 5.25. The van der Waals surface area contributed by atoms with Crippen molar-refractivity contribution in [3.8, 4) is 0 Å². The molecule has 0 aromatic rings. The second-order valence-electron chi connectivity index (χ2n) is 5.03. The molecule has 0 bridgehead atoms. The average Bonchev–Trinajstić information content (AvgIpc) is 2.47. The fourth-order valence-corrected chi connectivity index (χ4v) is 2.90. The van der Waals surface area contributed by atoms with E-state index in [4.69, 9.17) is 15.7 Å². The second-order valence-corrected chi connectivity index (χ2v) is 5.03. The highest BCUT2D eigenvalue weighted by Crippen LogP contribution is 2.38. The van der Waals surface area contributed by atoms with Crippen molar-refractivity contribution in [1.82, 2.24) is 4.90 Å². The van der Waals surface area contributed by atoms with Crippen LogP contribution in [0, 0.1) is 5.41 Å². The molecule has 2 aliphatic rings. The van der Waals surface area contributed by atoms with Gasteiger partial charge in [-0.2, -0.15) is 0 Å². The van der Waals surface area contributed by atoms with Crippen LogP contribution in [0.1, 0.15) is 32.1 Å². The van der Waals surface area contributed by atoms with Crippen LogP contribution in [0.5, 0.6) is 0 Å². The maximum Gasteiger partial charge on any atom is 0.236 e. The smallest absolute Gasteiger partial charge is 0.236 e. The SMILES string of the molecule is NC(=NO)C1(C(=O)N2CCOCC2)CCCCC1. The maximum atomic E-state index is 12.7. The van der Waals surface area contributed by atoms with Crippen LogP contribution in [0.4, 0.5) is 0 Å². The molecule has 0 atom stereocenters. The third-order valence-corrected chi connectivity index (χ3v) is 4.01. The molecule has 1 aliphatic heterocycles. The first-order valence-electron chi connectivity index (χ1n) is 6.56. The molecular weight excluding hydrogens is 234 g/mol. The second kappa shape index (κ2) is 5.56. The van der Waals surface area contributed by atoms with E-state index in [1.54, 1.807) is 4.90 Å². The zero-order valence-corrected chi connectivity index (χ0v) is 10.6. The van der Waals surface area contributed by atoms with Crippen LogP contribution in [0.3, 0.4) is 0 Å². The fraction of sp³-hybridized carbons (Fsp3) is 0.833. The maximum absolute atomic E-state index is 12.7. The molecule has 1 heterocycles. The Kier molecular flexibility index (Phi) is 4.06. The molecule has 18 heavy (non-hydrogen) atoms. The molecule has 1 aliphatic carbocycles. The van der Waals surface area contributed by atoms with Crippen LogP contribution in [0.15, 0.2) is 5.16 Å². The van der Waals surface area contributed by atoms with Gasteiger partial charge in [-0.05, 0) is 12.8 Å². The molecule has 0 unspecified atom stereocenters. The topological polar surface area (TPSA) is 88.2 Å². The zero-order valence-electron chi connectivity index (χ0n) is 10.6. The number of amides is 1. The van der Waals surface area contributed by atoms with Crippen molar-refractivity contribution in [2.45, 2.75) is 32.1 Å². The Morgan fingerprint density at radius 2 is 1.83 bits per heavy atom. The van der Waals surface area contributed by atoms with Crippen LogP contribution in [0.25, 0.3) is 0 Å². The van der Waals surface area contributed by atoms with Gasteiger partial charge in [0.05, 0.1) is 13.2 Å². The number of nitrogens with two attached hydrogens (primary N) is 1. The Morgan fingerprint density at radius 3 is 2.39 bits per heavy atom. The summed E-state index contributed by atoms with van der Waals surface area (Å²) in [4.78, 5) is 14.5. The largest absolute Gasteiger partial charge is 0.409 e. The Balaban J connectivity index is 2.19. The number of carbonyl (C=O) groups excluding carboxylic acids is 1. The van der Waals surface area contributed by atoms with Gasteiger partial charge in [0.1, 0.15) is 5.41 Å². The van der Waals surface area contributed by atoms with Crippen molar-refractivity contribution >= 4 is 11.7 Å². The number of amidine groups is 1. The van der Waals surface area contributed by atoms with Crippen LogP contribution < -0.4 is 5.73 Å². The number of hydrogen-bond donors (Lipinski definition) is 2. The average molecular weight is 255 g/mol. The molecule has 6 nitrogen and oxygen atoms in total. The molecule has 0 aromatic heterocycles. The highest BCUT2D eigenvalue weighted by molar-refractivity contribution is 6.06. The summed E-state index contributed by atoms with van der Waals surface area (Å²) >= 11 is 0. The van der Waals surface area contributed by atoms with Gasteiger partial charge in [0.25, 0.3) is 0 Å². The van der Waals surface area contributed by atoms with Crippen molar-refractivity contribution < 1.29 is 14.7 Å². The van der Waals surface area contributed by atoms with Crippen LogP contribution in [0.2, 0.25) is 0 Å². The summed E-state index contributed by atoms with van der Waals surface area (Å²) in [5.74, 6) is 0.0690. The molecule has 6 heteroatoms. The van der Waals surface area contributed by atoms with Crippen molar-refractivity contribution in [2.75, 3.05) is 26.3 Å². The number of morpholine rings is 1. The van der Waals surface area contributed by atoms with Crippen LogP contribution in [-0.2, 0) is 9.53 Å². The van der Waals surface area contributed by atoms with Crippen molar-refractivity contribution in [2.24, 2.45) is 16.3 Å². The van der Waals surface area contributed by atoms with E-state index in [-0.39, 0.29) is 11.7 Å². The summed E-state index contributed by atoms with van der Waals surface area (Å²) in [7, 11) is 0. The number of nitrogens with zero attached hydrogens (tertiary/aromatic N) is 2. The Morgan fingerprint density at radius 1 is 1.22 bits per heavy atom. The third kappa shape index (κ3) is 2.29. The van der Waals surface area contributed by atoms with E-state index >= 15 is 0 Å². The Labute approximate surface area is 107 Å². The normalized spacial score (nSPS) is 24.9. The van der Waals surface area contributed by atoms with Gasteiger partial charge in [0, 0.05) is 13.1 Å². The first kappa shape index (κ1) is 13.1. The van der Waals surface area contributed by atoms with Crippen LogP contribution in [-0.4, -0.2) is 48.2 Å². The first-order chi connectivity index (χ1) is 8.70. The predicted molar refractivity (Wildman–Crippen MR) is 66.3 cm³/mol.